The monoisotopic (exact) mass is 371 g/mol. The van der Waals surface area contributed by atoms with Gasteiger partial charge in [-0.3, -0.25) is 4.90 Å². The number of piperidine rings is 1. The minimum absolute atomic E-state index is 0.128. The molecular weight excluding hydrogens is 345 g/mol. The fourth-order valence-corrected chi connectivity index (χ4v) is 4.27. The van der Waals surface area contributed by atoms with Gasteiger partial charge in [0.2, 0.25) is 0 Å². The summed E-state index contributed by atoms with van der Waals surface area (Å²) in [6.45, 7) is 4.77. The normalized spacial score (nSPS) is 27.7. The summed E-state index contributed by atoms with van der Waals surface area (Å²) in [7, 11) is 2.12. The van der Waals surface area contributed by atoms with Crippen molar-refractivity contribution in [3.05, 3.63) is 54.2 Å². The van der Waals surface area contributed by atoms with Crippen LogP contribution in [-0.4, -0.2) is 77.2 Å². The third-order valence-corrected chi connectivity index (χ3v) is 5.91. The molecule has 2 fully saturated rings. The standard InChI is InChI=1S/C20H26FN5O/c1-24-9-11-25(12-10-24)18-14-26(19-17(21)13-22-15-23-19)8-7-20(18,27)16-5-3-2-4-6-16/h2-6,13,15,18,27H,7-12,14H2,1H3/t18-,20+/m1/s1. The molecule has 2 aromatic rings. The van der Waals surface area contributed by atoms with Crippen molar-refractivity contribution in [1.82, 2.24) is 19.8 Å². The van der Waals surface area contributed by atoms with Gasteiger partial charge < -0.3 is 14.9 Å². The summed E-state index contributed by atoms with van der Waals surface area (Å²) in [6, 6.07) is 9.74. The predicted molar refractivity (Wildman–Crippen MR) is 102 cm³/mol. The summed E-state index contributed by atoms with van der Waals surface area (Å²) in [5.74, 6) is -0.0981. The van der Waals surface area contributed by atoms with Crippen LogP contribution in [0.25, 0.3) is 0 Å². The summed E-state index contributed by atoms with van der Waals surface area (Å²) in [4.78, 5) is 14.5. The average molecular weight is 371 g/mol. The van der Waals surface area contributed by atoms with Crippen LogP contribution in [0.4, 0.5) is 10.2 Å². The second-order valence-electron chi connectivity index (χ2n) is 7.54. The number of likely N-dealkylation sites (N-methyl/N-ethyl adjacent to an activating group) is 1. The SMILES string of the molecule is CN1CCN([C@@H]2CN(c3ncncc3F)CC[C@]2(O)c2ccccc2)CC1. The maximum absolute atomic E-state index is 14.3. The number of nitrogens with zero attached hydrogens (tertiary/aromatic N) is 5. The highest BCUT2D eigenvalue weighted by molar-refractivity contribution is 5.41. The van der Waals surface area contributed by atoms with E-state index in [1.54, 1.807) is 0 Å². The van der Waals surface area contributed by atoms with Crippen molar-refractivity contribution in [1.29, 1.82) is 0 Å². The Hall–Kier alpha value is -2.09. The van der Waals surface area contributed by atoms with Gasteiger partial charge in [-0.25, -0.2) is 14.4 Å². The molecule has 144 valence electrons. The number of halogens is 1. The van der Waals surface area contributed by atoms with E-state index in [1.165, 1.54) is 12.5 Å². The number of rotatable bonds is 3. The van der Waals surface area contributed by atoms with Crippen molar-refractivity contribution in [3.8, 4) is 0 Å². The van der Waals surface area contributed by atoms with E-state index in [9.17, 15) is 9.50 Å². The Bertz CT molecular complexity index is 768. The lowest BCUT2D eigenvalue weighted by atomic mass is 9.79. The predicted octanol–water partition coefficient (Wildman–Crippen LogP) is 1.33. The maximum atomic E-state index is 14.3. The molecule has 0 bridgehead atoms. The molecule has 3 heterocycles. The Kier molecular flexibility index (Phi) is 5.08. The molecule has 0 saturated carbocycles. The van der Waals surface area contributed by atoms with Gasteiger partial charge in [0.25, 0.3) is 0 Å². The number of aliphatic hydroxyl groups is 1. The van der Waals surface area contributed by atoms with E-state index in [0.29, 0.717) is 25.3 Å². The van der Waals surface area contributed by atoms with Crippen LogP contribution in [0.3, 0.4) is 0 Å². The zero-order valence-corrected chi connectivity index (χ0v) is 15.6. The fourth-order valence-electron chi connectivity index (χ4n) is 4.27. The summed E-state index contributed by atoms with van der Waals surface area (Å²) in [5.41, 5.74) is -0.0336. The van der Waals surface area contributed by atoms with Gasteiger partial charge in [-0.15, -0.1) is 0 Å². The third kappa shape index (κ3) is 3.54. The zero-order chi connectivity index (χ0) is 18.9. The third-order valence-electron chi connectivity index (χ3n) is 5.91. The van der Waals surface area contributed by atoms with Crippen LogP contribution in [0.5, 0.6) is 0 Å². The van der Waals surface area contributed by atoms with E-state index in [0.717, 1.165) is 31.7 Å². The molecule has 1 aromatic carbocycles. The molecule has 27 heavy (non-hydrogen) atoms. The molecule has 1 N–H and O–H groups in total. The van der Waals surface area contributed by atoms with Crippen LogP contribution in [-0.2, 0) is 5.60 Å². The molecular formula is C20H26FN5O. The number of hydrogen-bond donors (Lipinski definition) is 1. The lowest BCUT2D eigenvalue weighted by Crippen LogP contribution is -2.64. The average Bonchev–Trinajstić information content (AvgIpc) is 2.70. The highest BCUT2D eigenvalue weighted by atomic mass is 19.1. The first-order chi connectivity index (χ1) is 13.1. The molecule has 2 saturated heterocycles. The smallest absolute Gasteiger partial charge is 0.183 e. The van der Waals surface area contributed by atoms with Crippen molar-refractivity contribution < 1.29 is 9.50 Å². The molecule has 1 aromatic heterocycles. The number of hydrogen-bond acceptors (Lipinski definition) is 6. The van der Waals surface area contributed by atoms with Crippen molar-refractivity contribution in [2.24, 2.45) is 0 Å². The van der Waals surface area contributed by atoms with E-state index in [4.69, 9.17) is 0 Å². The molecule has 0 aliphatic carbocycles. The van der Waals surface area contributed by atoms with E-state index >= 15 is 0 Å². The van der Waals surface area contributed by atoms with Crippen LogP contribution in [0.1, 0.15) is 12.0 Å². The molecule has 2 atom stereocenters. The van der Waals surface area contributed by atoms with Crippen molar-refractivity contribution in [2.75, 3.05) is 51.2 Å². The van der Waals surface area contributed by atoms with Gasteiger partial charge >= 0.3 is 0 Å². The molecule has 2 aliphatic heterocycles. The minimum atomic E-state index is -0.961. The largest absolute Gasteiger partial charge is 0.383 e. The van der Waals surface area contributed by atoms with Gasteiger partial charge in [-0.2, -0.15) is 0 Å². The molecule has 0 spiro atoms. The summed E-state index contributed by atoms with van der Waals surface area (Å²) >= 11 is 0. The van der Waals surface area contributed by atoms with E-state index in [2.05, 4.69) is 26.8 Å². The van der Waals surface area contributed by atoms with Crippen molar-refractivity contribution in [3.63, 3.8) is 0 Å². The van der Waals surface area contributed by atoms with Gasteiger partial charge in [0.1, 0.15) is 11.9 Å². The van der Waals surface area contributed by atoms with Crippen molar-refractivity contribution >= 4 is 5.82 Å². The van der Waals surface area contributed by atoms with E-state index < -0.39 is 11.4 Å². The first-order valence-corrected chi connectivity index (χ1v) is 9.49. The molecule has 7 heteroatoms. The molecule has 2 aliphatic rings. The van der Waals surface area contributed by atoms with Gasteiger partial charge in [0.15, 0.2) is 11.6 Å². The van der Waals surface area contributed by atoms with Crippen LogP contribution in [0, 0.1) is 5.82 Å². The van der Waals surface area contributed by atoms with Crippen molar-refractivity contribution in [2.45, 2.75) is 18.1 Å². The second-order valence-corrected chi connectivity index (χ2v) is 7.54. The van der Waals surface area contributed by atoms with Crippen LogP contribution >= 0.6 is 0 Å². The minimum Gasteiger partial charge on any atom is -0.383 e. The highest BCUT2D eigenvalue weighted by Gasteiger charge is 2.46. The van der Waals surface area contributed by atoms with E-state index in [1.807, 2.05) is 35.2 Å². The molecule has 0 amide bonds. The Balaban J connectivity index is 1.66. The number of benzene rings is 1. The lowest BCUT2D eigenvalue weighted by molar-refractivity contribution is -0.0758. The Morgan fingerprint density at radius 2 is 1.85 bits per heavy atom. The Morgan fingerprint density at radius 3 is 2.56 bits per heavy atom. The first kappa shape index (κ1) is 18.3. The first-order valence-electron chi connectivity index (χ1n) is 9.49. The highest BCUT2D eigenvalue weighted by Crippen LogP contribution is 2.37. The van der Waals surface area contributed by atoms with Crippen LogP contribution in [0.2, 0.25) is 0 Å². The summed E-state index contributed by atoms with van der Waals surface area (Å²) < 4.78 is 14.3. The second kappa shape index (κ2) is 7.50. The summed E-state index contributed by atoms with van der Waals surface area (Å²) in [6.07, 6.45) is 3.10. The molecule has 0 unspecified atom stereocenters. The Labute approximate surface area is 159 Å². The zero-order valence-electron chi connectivity index (χ0n) is 15.6. The van der Waals surface area contributed by atoms with Gasteiger partial charge in [0.05, 0.1) is 12.2 Å². The Morgan fingerprint density at radius 1 is 1.11 bits per heavy atom. The summed E-state index contributed by atoms with van der Waals surface area (Å²) in [5, 5.41) is 11.7. The van der Waals surface area contributed by atoms with Gasteiger partial charge in [-0.05, 0) is 19.0 Å². The van der Waals surface area contributed by atoms with E-state index in [-0.39, 0.29) is 6.04 Å². The topological polar surface area (TPSA) is 55.7 Å². The maximum Gasteiger partial charge on any atom is 0.183 e. The number of aromatic nitrogens is 2. The fraction of sp³-hybridized carbons (Fsp3) is 0.500. The van der Waals surface area contributed by atoms with Gasteiger partial charge in [-0.1, -0.05) is 30.3 Å². The molecule has 6 nitrogen and oxygen atoms in total. The lowest BCUT2D eigenvalue weighted by Gasteiger charge is -2.51. The van der Waals surface area contributed by atoms with Crippen LogP contribution in [0.15, 0.2) is 42.9 Å². The number of piperazine rings is 1. The number of anilines is 1. The molecule has 4 rings (SSSR count). The quantitative estimate of drug-likeness (QED) is 0.879. The van der Waals surface area contributed by atoms with Gasteiger partial charge in [0, 0.05) is 39.3 Å². The van der Waals surface area contributed by atoms with Crippen LogP contribution < -0.4 is 4.90 Å². The molecule has 0 radical (unpaired) electrons.